The van der Waals surface area contributed by atoms with E-state index in [0.717, 1.165) is 5.56 Å². The van der Waals surface area contributed by atoms with E-state index in [0.29, 0.717) is 54.1 Å². The molecule has 0 fully saturated rings. The van der Waals surface area contributed by atoms with Gasteiger partial charge in [0.15, 0.2) is 11.5 Å². The number of aromatic hydroxyl groups is 1. The molecule has 0 unspecified atom stereocenters. The van der Waals surface area contributed by atoms with Gasteiger partial charge in [-0.2, -0.15) is 0 Å². The molecule has 7 nitrogen and oxygen atoms in total. The lowest BCUT2D eigenvalue weighted by Gasteiger charge is -2.14. The van der Waals surface area contributed by atoms with Crippen LogP contribution in [0.25, 0.3) is 11.0 Å². The van der Waals surface area contributed by atoms with Crippen LogP contribution in [0.2, 0.25) is 0 Å². The van der Waals surface area contributed by atoms with Gasteiger partial charge in [0.1, 0.15) is 5.58 Å². The van der Waals surface area contributed by atoms with Gasteiger partial charge in [-0.15, -0.1) is 0 Å². The van der Waals surface area contributed by atoms with E-state index in [1.54, 1.807) is 13.2 Å². The normalized spacial score (nSPS) is 11.2. The fourth-order valence-electron chi connectivity index (χ4n) is 2.60. The second-order valence-electron chi connectivity index (χ2n) is 5.34. The van der Waals surface area contributed by atoms with Crippen molar-refractivity contribution >= 4 is 11.0 Å². The van der Waals surface area contributed by atoms with Crippen molar-refractivity contribution in [2.45, 2.75) is 19.9 Å². The fourth-order valence-corrected chi connectivity index (χ4v) is 2.60. The molecule has 1 heterocycles. The minimum Gasteiger partial charge on any atom is -0.504 e. The van der Waals surface area contributed by atoms with E-state index in [1.165, 1.54) is 7.11 Å². The number of rotatable bonds is 8. The van der Waals surface area contributed by atoms with E-state index in [1.807, 2.05) is 6.92 Å². The molecule has 2 aromatic rings. The molecule has 1 aromatic carbocycles. The summed E-state index contributed by atoms with van der Waals surface area (Å²) < 4.78 is 20.9. The number of hydrogen-bond acceptors (Lipinski definition) is 7. The number of phenols is 1. The van der Waals surface area contributed by atoms with E-state index < -0.39 is 5.63 Å². The van der Waals surface area contributed by atoms with Crippen molar-refractivity contribution < 1.29 is 23.7 Å². The molecule has 0 atom stereocenters. The third kappa shape index (κ3) is 3.53. The molecule has 132 valence electrons. The van der Waals surface area contributed by atoms with Gasteiger partial charge in [0, 0.05) is 31.0 Å². The van der Waals surface area contributed by atoms with Gasteiger partial charge >= 0.3 is 5.63 Å². The van der Waals surface area contributed by atoms with Gasteiger partial charge in [-0.1, -0.05) is 0 Å². The van der Waals surface area contributed by atoms with Crippen LogP contribution in [-0.2, 0) is 22.4 Å². The first-order valence-electron chi connectivity index (χ1n) is 7.67. The maximum absolute atomic E-state index is 12.3. The van der Waals surface area contributed by atoms with Crippen molar-refractivity contribution in [2.75, 3.05) is 34.0 Å². The molecule has 0 aliphatic rings. The zero-order valence-electron chi connectivity index (χ0n) is 14.2. The molecule has 0 aliphatic heterocycles. The summed E-state index contributed by atoms with van der Waals surface area (Å²) in [4.78, 5) is 12.3. The molecule has 0 aliphatic carbocycles. The number of benzene rings is 1. The Balaban J connectivity index is 2.45. The van der Waals surface area contributed by atoms with Crippen LogP contribution in [0.4, 0.5) is 0 Å². The topological polar surface area (TPSA) is 104 Å². The third-order valence-corrected chi connectivity index (χ3v) is 3.96. The summed E-state index contributed by atoms with van der Waals surface area (Å²) in [7, 11) is 3.06. The average Bonchev–Trinajstić information content (AvgIpc) is 2.57. The summed E-state index contributed by atoms with van der Waals surface area (Å²) in [6, 6.07) is 1.65. The Labute approximate surface area is 139 Å². The van der Waals surface area contributed by atoms with Crippen LogP contribution in [0.5, 0.6) is 11.5 Å². The molecule has 0 spiro atoms. The maximum atomic E-state index is 12.3. The molecule has 0 saturated heterocycles. The Bertz CT molecular complexity index is 768. The first-order chi connectivity index (χ1) is 11.5. The van der Waals surface area contributed by atoms with E-state index in [9.17, 15) is 9.90 Å². The number of fused-ring (bicyclic) bond motifs is 1. The highest BCUT2D eigenvalue weighted by atomic mass is 16.5. The summed E-state index contributed by atoms with van der Waals surface area (Å²) in [5, 5.41) is 10.9. The van der Waals surface area contributed by atoms with Gasteiger partial charge in [-0.3, -0.25) is 0 Å². The Kier molecular flexibility index (Phi) is 6.19. The van der Waals surface area contributed by atoms with Gasteiger partial charge < -0.3 is 29.5 Å². The van der Waals surface area contributed by atoms with Gasteiger partial charge in [0.05, 0.1) is 32.5 Å². The summed E-state index contributed by atoms with van der Waals surface area (Å²) in [5.74, 6) is 0.188. The molecule has 0 radical (unpaired) electrons. The molecule has 0 bridgehead atoms. The number of aryl methyl sites for hydroxylation is 1. The van der Waals surface area contributed by atoms with E-state index in [-0.39, 0.29) is 12.3 Å². The monoisotopic (exact) mass is 337 g/mol. The van der Waals surface area contributed by atoms with Gasteiger partial charge in [-0.25, -0.2) is 4.79 Å². The van der Waals surface area contributed by atoms with E-state index in [4.69, 9.17) is 24.4 Å². The molecule has 3 N–H and O–H groups in total. The van der Waals surface area contributed by atoms with Crippen LogP contribution >= 0.6 is 0 Å². The SMILES string of the molecule is COCCOCCc1c(C)c2cc(OC)c(O)c(CN)c2oc1=O. The molecule has 24 heavy (non-hydrogen) atoms. The Hall–Kier alpha value is -2.09. The minimum absolute atomic E-state index is 0.0292. The maximum Gasteiger partial charge on any atom is 0.339 e. The Morgan fingerprint density at radius 3 is 2.58 bits per heavy atom. The zero-order chi connectivity index (χ0) is 17.7. The highest BCUT2D eigenvalue weighted by molar-refractivity contribution is 5.88. The standard InChI is InChI=1S/C17H23NO6/c1-10-11(4-5-23-7-6-21-2)17(20)24-16-12(10)8-14(22-3)15(19)13(16)9-18/h8,19H,4-7,9,18H2,1-3H3. The summed E-state index contributed by atoms with van der Waals surface area (Å²) in [6.45, 7) is 3.22. The van der Waals surface area contributed by atoms with E-state index in [2.05, 4.69) is 0 Å². The van der Waals surface area contributed by atoms with Crippen LogP contribution in [-0.4, -0.2) is 39.1 Å². The largest absolute Gasteiger partial charge is 0.504 e. The predicted octanol–water partition coefficient (Wildman–Crippen LogP) is 1.48. The summed E-state index contributed by atoms with van der Waals surface area (Å²) >= 11 is 0. The van der Waals surface area contributed by atoms with Crippen LogP contribution < -0.4 is 16.1 Å². The van der Waals surface area contributed by atoms with E-state index >= 15 is 0 Å². The van der Waals surface area contributed by atoms with Crippen molar-refractivity contribution in [3.8, 4) is 11.5 Å². The van der Waals surface area contributed by atoms with Crippen LogP contribution in [0.15, 0.2) is 15.3 Å². The third-order valence-electron chi connectivity index (χ3n) is 3.96. The lowest BCUT2D eigenvalue weighted by molar-refractivity contribution is 0.0720. The number of methoxy groups -OCH3 is 2. The summed E-state index contributed by atoms with van der Waals surface area (Å²) in [6.07, 6.45) is 0.426. The van der Waals surface area contributed by atoms with Crippen molar-refractivity contribution in [2.24, 2.45) is 5.73 Å². The molecule has 0 amide bonds. The first kappa shape index (κ1) is 18.3. The molecule has 1 aromatic heterocycles. The zero-order valence-corrected chi connectivity index (χ0v) is 14.2. The van der Waals surface area contributed by atoms with Gasteiger partial charge in [0.25, 0.3) is 0 Å². The second-order valence-corrected chi connectivity index (χ2v) is 5.34. The first-order valence-corrected chi connectivity index (χ1v) is 7.67. The lowest BCUT2D eigenvalue weighted by atomic mass is 10.0. The van der Waals surface area contributed by atoms with Gasteiger partial charge in [0.2, 0.25) is 0 Å². The van der Waals surface area contributed by atoms with Crippen molar-refractivity contribution in [1.29, 1.82) is 0 Å². The van der Waals surface area contributed by atoms with Crippen LogP contribution in [0.3, 0.4) is 0 Å². The van der Waals surface area contributed by atoms with Crippen LogP contribution in [0.1, 0.15) is 16.7 Å². The number of ether oxygens (including phenoxy) is 3. The molecule has 7 heteroatoms. The molecular weight excluding hydrogens is 314 g/mol. The smallest absolute Gasteiger partial charge is 0.339 e. The quantitative estimate of drug-likeness (QED) is 0.555. The molecule has 2 rings (SSSR count). The van der Waals surface area contributed by atoms with Crippen molar-refractivity contribution in [3.63, 3.8) is 0 Å². The highest BCUT2D eigenvalue weighted by Crippen LogP contribution is 2.37. The number of phenolic OH excluding ortho intramolecular Hbond substituents is 1. The molecular formula is C17H23NO6. The van der Waals surface area contributed by atoms with Crippen molar-refractivity contribution in [1.82, 2.24) is 0 Å². The number of hydrogen-bond donors (Lipinski definition) is 2. The average molecular weight is 337 g/mol. The van der Waals surface area contributed by atoms with Gasteiger partial charge in [-0.05, 0) is 18.6 Å². The van der Waals surface area contributed by atoms with Crippen LogP contribution in [0, 0.1) is 6.92 Å². The predicted molar refractivity (Wildman–Crippen MR) is 89.7 cm³/mol. The highest BCUT2D eigenvalue weighted by Gasteiger charge is 2.19. The fraction of sp³-hybridized carbons (Fsp3) is 0.471. The second kappa shape index (κ2) is 8.14. The molecule has 0 saturated carbocycles. The lowest BCUT2D eigenvalue weighted by Crippen LogP contribution is -2.15. The Morgan fingerprint density at radius 1 is 1.21 bits per heavy atom. The van der Waals surface area contributed by atoms with Crippen molar-refractivity contribution in [3.05, 3.63) is 33.2 Å². The summed E-state index contributed by atoms with van der Waals surface area (Å²) in [5.41, 5.74) is 7.20. The minimum atomic E-state index is -0.449. The number of nitrogens with two attached hydrogens (primary N) is 1. The Morgan fingerprint density at radius 2 is 1.96 bits per heavy atom.